The van der Waals surface area contributed by atoms with E-state index in [0.29, 0.717) is 0 Å². The minimum atomic E-state index is -0.779. The molecule has 0 spiro atoms. The van der Waals surface area contributed by atoms with Crippen LogP contribution < -0.4 is 5.59 Å². The third-order valence-corrected chi connectivity index (χ3v) is 4.56. The van der Waals surface area contributed by atoms with E-state index in [4.69, 9.17) is 9.31 Å². The van der Waals surface area contributed by atoms with Gasteiger partial charge in [-0.15, -0.1) is 5.10 Å². The first-order valence-corrected chi connectivity index (χ1v) is 6.78. The molecular formula is C12H19BFN3O2. The fourth-order valence-electron chi connectivity index (χ4n) is 2.26. The highest BCUT2D eigenvalue weighted by Crippen LogP contribution is 2.37. The molecular weight excluding hydrogens is 248 g/mol. The van der Waals surface area contributed by atoms with Crippen molar-refractivity contribution >= 4 is 12.7 Å². The summed E-state index contributed by atoms with van der Waals surface area (Å²) in [6, 6.07) is 0.142. The van der Waals surface area contributed by atoms with E-state index in [1.54, 1.807) is 0 Å². The van der Waals surface area contributed by atoms with E-state index in [9.17, 15) is 4.39 Å². The molecule has 3 rings (SSSR count). The fraction of sp³-hybridized carbons (Fsp3) is 0.833. The minimum absolute atomic E-state index is 0.142. The van der Waals surface area contributed by atoms with E-state index in [2.05, 4.69) is 10.3 Å². The van der Waals surface area contributed by atoms with Crippen molar-refractivity contribution < 1.29 is 13.7 Å². The Morgan fingerprint density at radius 2 is 1.79 bits per heavy atom. The number of aromatic nitrogens is 3. The molecule has 1 aromatic rings. The molecule has 1 aliphatic heterocycles. The van der Waals surface area contributed by atoms with E-state index in [1.807, 2.05) is 27.7 Å². The number of hydrogen-bond acceptors (Lipinski definition) is 4. The largest absolute Gasteiger partial charge is 0.521 e. The molecule has 1 aromatic heterocycles. The SMILES string of the molecule is CC1(C)OB(c2nnn(C3CCC3)c2F)OC1(C)C. The predicted molar refractivity (Wildman–Crippen MR) is 68.6 cm³/mol. The van der Waals surface area contributed by atoms with Gasteiger partial charge in [0.2, 0.25) is 5.95 Å². The number of nitrogens with zero attached hydrogens (tertiary/aromatic N) is 3. The molecule has 0 amide bonds. The maximum absolute atomic E-state index is 14.3. The Balaban J connectivity index is 1.86. The Hall–Kier alpha value is -0.945. The summed E-state index contributed by atoms with van der Waals surface area (Å²) in [6.45, 7) is 7.73. The standard InChI is InChI=1S/C12H19BFN3O2/c1-11(2)12(3,4)19-13(18-11)9-10(14)17(16-15-9)8-6-5-7-8/h8H,5-7H2,1-4H3. The lowest BCUT2D eigenvalue weighted by molar-refractivity contribution is 0.00578. The van der Waals surface area contributed by atoms with E-state index in [1.165, 1.54) is 4.68 Å². The zero-order valence-electron chi connectivity index (χ0n) is 11.8. The summed E-state index contributed by atoms with van der Waals surface area (Å²) in [7, 11) is -0.779. The van der Waals surface area contributed by atoms with Crippen LogP contribution in [-0.4, -0.2) is 33.3 Å². The Morgan fingerprint density at radius 3 is 2.26 bits per heavy atom. The lowest BCUT2D eigenvalue weighted by atomic mass is 9.85. The van der Waals surface area contributed by atoms with Crippen LogP contribution in [0.15, 0.2) is 0 Å². The summed E-state index contributed by atoms with van der Waals surface area (Å²) in [6.07, 6.45) is 3.04. The van der Waals surface area contributed by atoms with Crippen molar-refractivity contribution in [3.8, 4) is 0 Å². The van der Waals surface area contributed by atoms with Crippen LogP contribution in [0.5, 0.6) is 0 Å². The molecule has 0 radical (unpaired) electrons. The lowest BCUT2D eigenvalue weighted by Crippen LogP contribution is -2.41. The zero-order chi connectivity index (χ0) is 13.8. The van der Waals surface area contributed by atoms with Crippen LogP contribution in [0.3, 0.4) is 0 Å². The maximum Gasteiger partial charge on any atom is 0.521 e. The molecule has 0 bridgehead atoms. The molecule has 7 heteroatoms. The van der Waals surface area contributed by atoms with Crippen molar-refractivity contribution in [2.45, 2.75) is 64.2 Å². The second kappa shape index (κ2) is 4.02. The highest BCUT2D eigenvalue weighted by Gasteiger charge is 2.54. The van der Waals surface area contributed by atoms with Gasteiger partial charge in [0.25, 0.3) is 0 Å². The third-order valence-electron chi connectivity index (χ3n) is 4.56. The van der Waals surface area contributed by atoms with Gasteiger partial charge in [-0.05, 0) is 47.0 Å². The van der Waals surface area contributed by atoms with Crippen LogP contribution >= 0.6 is 0 Å². The van der Waals surface area contributed by atoms with Crippen LogP contribution in [0.2, 0.25) is 0 Å². The van der Waals surface area contributed by atoms with Crippen LogP contribution in [-0.2, 0) is 9.31 Å². The molecule has 0 aromatic carbocycles. The first-order valence-electron chi connectivity index (χ1n) is 6.78. The Labute approximate surface area is 112 Å². The van der Waals surface area contributed by atoms with Gasteiger partial charge in [0.15, 0.2) is 5.59 Å². The van der Waals surface area contributed by atoms with Crippen LogP contribution in [0, 0.1) is 5.95 Å². The molecule has 1 aliphatic carbocycles. The quantitative estimate of drug-likeness (QED) is 0.761. The van der Waals surface area contributed by atoms with Gasteiger partial charge >= 0.3 is 7.12 Å². The Morgan fingerprint density at radius 1 is 1.21 bits per heavy atom. The Bertz CT molecular complexity index is 483. The third kappa shape index (κ3) is 1.90. The van der Waals surface area contributed by atoms with Gasteiger partial charge in [0.05, 0.1) is 17.2 Å². The van der Waals surface area contributed by atoms with Crippen molar-refractivity contribution in [2.75, 3.05) is 0 Å². The van der Waals surface area contributed by atoms with E-state index in [0.717, 1.165) is 19.3 Å². The summed E-state index contributed by atoms with van der Waals surface area (Å²) >= 11 is 0. The summed E-state index contributed by atoms with van der Waals surface area (Å²) in [4.78, 5) is 0. The highest BCUT2D eigenvalue weighted by atomic mass is 19.1. The average Bonchev–Trinajstić information content (AvgIpc) is 2.65. The van der Waals surface area contributed by atoms with Gasteiger partial charge < -0.3 is 9.31 Å². The van der Waals surface area contributed by atoms with Gasteiger partial charge in [0, 0.05) is 0 Å². The molecule has 104 valence electrons. The number of rotatable bonds is 2. The van der Waals surface area contributed by atoms with Gasteiger partial charge in [0.1, 0.15) is 0 Å². The van der Waals surface area contributed by atoms with Crippen LogP contribution in [0.1, 0.15) is 53.0 Å². The van der Waals surface area contributed by atoms with Gasteiger partial charge in [-0.1, -0.05) is 5.21 Å². The maximum atomic E-state index is 14.3. The average molecular weight is 267 g/mol. The highest BCUT2D eigenvalue weighted by molar-refractivity contribution is 6.61. The van der Waals surface area contributed by atoms with Crippen molar-refractivity contribution in [3.05, 3.63) is 5.95 Å². The van der Waals surface area contributed by atoms with E-state index < -0.39 is 24.3 Å². The molecule has 0 N–H and O–H groups in total. The lowest BCUT2D eigenvalue weighted by Gasteiger charge is -2.32. The summed E-state index contributed by atoms with van der Waals surface area (Å²) in [5.41, 5.74) is -0.833. The van der Waals surface area contributed by atoms with Crippen molar-refractivity contribution in [3.63, 3.8) is 0 Å². The second-order valence-electron chi connectivity index (χ2n) is 6.38. The molecule has 0 atom stereocenters. The van der Waals surface area contributed by atoms with Gasteiger partial charge in [-0.3, -0.25) is 0 Å². The molecule has 2 fully saturated rings. The van der Waals surface area contributed by atoms with Gasteiger partial charge in [-0.2, -0.15) is 4.39 Å². The topological polar surface area (TPSA) is 49.2 Å². The number of halogens is 1. The molecule has 1 saturated carbocycles. The van der Waals surface area contributed by atoms with Gasteiger partial charge in [-0.25, -0.2) is 4.68 Å². The monoisotopic (exact) mass is 267 g/mol. The molecule has 2 aliphatic rings. The fourth-order valence-corrected chi connectivity index (χ4v) is 2.26. The first kappa shape index (κ1) is 13.1. The molecule has 0 unspecified atom stereocenters. The first-order chi connectivity index (χ1) is 8.82. The summed E-state index contributed by atoms with van der Waals surface area (Å²) < 4.78 is 27.3. The normalized spacial score (nSPS) is 25.6. The molecule has 2 heterocycles. The molecule has 5 nitrogen and oxygen atoms in total. The van der Waals surface area contributed by atoms with E-state index in [-0.39, 0.29) is 11.6 Å². The summed E-state index contributed by atoms with van der Waals surface area (Å²) in [5, 5.41) is 7.83. The predicted octanol–water partition coefficient (Wildman–Crippen LogP) is 1.44. The summed E-state index contributed by atoms with van der Waals surface area (Å²) in [5.74, 6) is -0.428. The number of hydrogen-bond donors (Lipinski definition) is 0. The van der Waals surface area contributed by atoms with Crippen molar-refractivity contribution in [2.24, 2.45) is 0 Å². The zero-order valence-corrected chi connectivity index (χ0v) is 11.8. The minimum Gasteiger partial charge on any atom is -0.398 e. The van der Waals surface area contributed by atoms with Crippen molar-refractivity contribution in [1.29, 1.82) is 0 Å². The van der Waals surface area contributed by atoms with Crippen LogP contribution in [0.4, 0.5) is 4.39 Å². The molecule has 19 heavy (non-hydrogen) atoms. The Kier molecular flexibility index (Phi) is 2.76. The van der Waals surface area contributed by atoms with Crippen molar-refractivity contribution in [1.82, 2.24) is 15.0 Å². The smallest absolute Gasteiger partial charge is 0.398 e. The van der Waals surface area contributed by atoms with E-state index >= 15 is 0 Å². The molecule has 1 saturated heterocycles. The second-order valence-corrected chi connectivity index (χ2v) is 6.38. The van der Waals surface area contributed by atoms with Crippen LogP contribution in [0.25, 0.3) is 0 Å².